The van der Waals surface area contributed by atoms with Gasteiger partial charge in [0, 0.05) is 13.0 Å². The fraction of sp³-hybridized carbons (Fsp3) is 0.423. The van der Waals surface area contributed by atoms with Crippen LogP contribution in [0.3, 0.4) is 0 Å². The zero-order valence-electron chi connectivity index (χ0n) is 16.9. The third-order valence-electron chi connectivity index (χ3n) is 6.44. The van der Waals surface area contributed by atoms with E-state index in [9.17, 15) is 4.79 Å². The molecule has 0 N–H and O–H groups in total. The van der Waals surface area contributed by atoms with Crippen LogP contribution < -0.4 is 0 Å². The summed E-state index contributed by atoms with van der Waals surface area (Å²) in [4.78, 5) is 14.7. The van der Waals surface area contributed by atoms with Gasteiger partial charge in [0.1, 0.15) is 0 Å². The van der Waals surface area contributed by atoms with Crippen LogP contribution in [0.2, 0.25) is 0 Å². The molecule has 28 heavy (non-hydrogen) atoms. The minimum atomic E-state index is 0.0387. The second kappa shape index (κ2) is 8.77. The summed E-state index contributed by atoms with van der Waals surface area (Å²) in [6, 6.07) is 19.8. The molecule has 2 nitrogen and oxygen atoms in total. The predicted molar refractivity (Wildman–Crippen MR) is 116 cm³/mol. The van der Waals surface area contributed by atoms with Gasteiger partial charge >= 0.3 is 0 Å². The quantitative estimate of drug-likeness (QED) is 0.599. The summed E-state index contributed by atoms with van der Waals surface area (Å²) in [7, 11) is 0. The molecule has 4 rings (SSSR count). The molecule has 1 aliphatic carbocycles. The van der Waals surface area contributed by atoms with E-state index in [0.29, 0.717) is 6.42 Å². The summed E-state index contributed by atoms with van der Waals surface area (Å²) in [6.07, 6.45) is 10.5. The Morgan fingerprint density at radius 1 is 0.929 bits per heavy atom. The van der Waals surface area contributed by atoms with Crippen LogP contribution in [0.1, 0.15) is 80.5 Å². The molecule has 0 radical (unpaired) electrons. The molecule has 2 aliphatic rings. The minimum absolute atomic E-state index is 0.0387. The van der Waals surface area contributed by atoms with E-state index in [-0.39, 0.29) is 11.9 Å². The largest absolute Gasteiger partial charge is 0.332 e. The molecule has 0 bridgehead atoms. The Kier molecular flexibility index (Phi) is 5.95. The molecule has 0 saturated heterocycles. The van der Waals surface area contributed by atoms with Gasteiger partial charge in [-0.1, -0.05) is 86.9 Å². The average Bonchev–Trinajstić information content (AvgIpc) is 2.79. The molecule has 2 aromatic carbocycles. The van der Waals surface area contributed by atoms with Crippen LogP contribution in [-0.2, 0) is 4.79 Å². The molecule has 2 aromatic rings. The van der Waals surface area contributed by atoms with E-state index < -0.39 is 0 Å². The summed E-state index contributed by atoms with van der Waals surface area (Å²) < 4.78 is 0. The normalized spacial score (nSPS) is 20.7. The summed E-state index contributed by atoms with van der Waals surface area (Å²) in [5.74, 6) is 0.961. The maximum atomic E-state index is 12.6. The van der Waals surface area contributed by atoms with Gasteiger partial charge in [0.2, 0.25) is 5.91 Å². The molecule has 0 spiro atoms. The van der Waals surface area contributed by atoms with Crippen LogP contribution in [-0.4, -0.2) is 17.4 Å². The van der Waals surface area contributed by atoms with E-state index in [0.717, 1.165) is 18.9 Å². The van der Waals surface area contributed by atoms with Crippen molar-refractivity contribution in [2.75, 3.05) is 6.54 Å². The predicted octanol–water partition coefficient (Wildman–Crippen LogP) is 6.50. The maximum absolute atomic E-state index is 12.6. The van der Waals surface area contributed by atoms with Crippen LogP contribution in [0.15, 0.2) is 60.7 Å². The van der Waals surface area contributed by atoms with Crippen molar-refractivity contribution in [1.82, 2.24) is 4.90 Å². The van der Waals surface area contributed by atoms with Gasteiger partial charge in [-0.3, -0.25) is 4.79 Å². The number of carbonyl (C=O) groups is 1. The molecule has 146 valence electrons. The maximum Gasteiger partial charge on any atom is 0.223 e. The molecule has 1 unspecified atom stereocenters. The third-order valence-corrected chi connectivity index (χ3v) is 6.44. The van der Waals surface area contributed by atoms with Crippen molar-refractivity contribution < 1.29 is 4.79 Å². The number of hydrogen-bond donors (Lipinski definition) is 0. The highest BCUT2D eigenvalue weighted by molar-refractivity contribution is 5.79. The van der Waals surface area contributed by atoms with Crippen molar-refractivity contribution in [3.63, 3.8) is 0 Å². The van der Waals surface area contributed by atoms with Gasteiger partial charge in [-0.25, -0.2) is 0 Å². The van der Waals surface area contributed by atoms with E-state index >= 15 is 0 Å². The van der Waals surface area contributed by atoms with Gasteiger partial charge in [0.15, 0.2) is 0 Å². The Morgan fingerprint density at radius 3 is 2.29 bits per heavy atom. The molecular formula is C26H31NO. The van der Waals surface area contributed by atoms with Crippen molar-refractivity contribution >= 4 is 11.5 Å². The zero-order valence-corrected chi connectivity index (χ0v) is 16.9. The van der Waals surface area contributed by atoms with Gasteiger partial charge in [-0.05, 0) is 47.4 Å². The lowest BCUT2D eigenvalue weighted by Crippen LogP contribution is -2.37. The van der Waals surface area contributed by atoms with E-state index in [1.54, 1.807) is 0 Å². The molecule has 1 heterocycles. The van der Waals surface area contributed by atoms with Crippen LogP contribution >= 0.6 is 0 Å². The van der Waals surface area contributed by atoms with Gasteiger partial charge in [0.25, 0.3) is 0 Å². The first-order chi connectivity index (χ1) is 13.8. The first-order valence-corrected chi connectivity index (χ1v) is 10.9. The number of carbonyl (C=O) groups excluding carboxylic acids is 1. The molecule has 1 atom stereocenters. The SMILES string of the molecule is CCC(=O)N1CCC(c2ccccc2)=CC1c1ccc(C2CCCCC2)cc1. The Hall–Kier alpha value is -2.35. The molecule has 1 aliphatic heterocycles. The Balaban J connectivity index is 1.63. The second-order valence-electron chi connectivity index (χ2n) is 8.20. The number of hydrogen-bond acceptors (Lipinski definition) is 1. The third kappa shape index (κ3) is 4.06. The lowest BCUT2D eigenvalue weighted by Gasteiger charge is -2.35. The fourth-order valence-corrected chi connectivity index (χ4v) is 4.80. The Labute approximate surface area is 169 Å². The van der Waals surface area contributed by atoms with Crippen molar-refractivity contribution in [2.24, 2.45) is 0 Å². The van der Waals surface area contributed by atoms with Crippen molar-refractivity contribution in [2.45, 2.75) is 63.8 Å². The smallest absolute Gasteiger partial charge is 0.223 e. The Morgan fingerprint density at radius 2 is 1.61 bits per heavy atom. The average molecular weight is 374 g/mol. The van der Waals surface area contributed by atoms with E-state index in [1.165, 1.54) is 54.4 Å². The summed E-state index contributed by atoms with van der Waals surface area (Å²) in [5.41, 5.74) is 5.33. The monoisotopic (exact) mass is 373 g/mol. The van der Waals surface area contributed by atoms with Crippen molar-refractivity contribution in [3.05, 3.63) is 77.4 Å². The standard InChI is InChI=1S/C26H31NO/c1-2-26(28)27-18-17-24(21-11-7-4-8-12-21)19-25(27)23-15-13-22(14-16-23)20-9-5-3-6-10-20/h4,7-8,11-16,19-20,25H,2-3,5-6,9-10,17-18H2,1H3. The first kappa shape index (κ1) is 19.0. The van der Waals surface area contributed by atoms with Gasteiger partial charge in [-0.2, -0.15) is 0 Å². The molecular weight excluding hydrogens is 342 g/mol. The fourth-order valence-electron chi connectivity index (χ4n) is 4.80. The van der Waals surface area contributed by atoms with E-state index in [1.807, 2.05) is 6.92 Å². The minimum Gasteiger partial charge on any atom is -0.332 e. The summed E-state index contributed by atoms with van der Waals surface area (Å²) in [5, 5.41) is 0. The number of amides is 1. The summed E-state index contributed by atoms with van der Waals surface area (Å²) >= 11 is 0. The number of rotatable bonds is 4. The molecule has 0 aromatic heterocycles. The molecule has 1 fully saturated rings. The van der Waals surface area contributed by atoms with Crippen molar-refractivity contribution in [3.8, 4) is 0 Å². The van der Waals surface area contributed by atoms with Gasteiger partial charge < -0.3 is 4.90 Å². The molecule has 2 heteroatoms. The van der Waals surface area contributed by atoms with Crippen LogP contribution in [0.4, 0.5) is 0 Å². The van der Waals surface area contributed by atoms with E-state index in [4.69, 9.17) is 0 Å². The van der Waals surface area contributed by atoms with E-state index in [2.05, 4.69) is 65.6 Å². The highest BCUT2D eigenvalue weighted by atomic mass is 16.2. The highest BCUT2D eigenvalue weighted by Crippen LogP contribution is 2.36. The molecule has 1 saturated carbocycles. The summed E-state index contributed by atoms with van der Waals surface area (Å²) in [6.45, 7) is 2.75. The van der Waals surface area contributed by atoms with Gasteiger partial charge in [-0.15, -0.1) is 0 Å². The number of nitrogens with zero attached hydrogens (tertiary/aromatic N) is 1. The molecule has 1 amide bonds. The topological polar surface area (TPSA) is 20.3 Å². The second-order valence-corrected chi connectivity index (χ2v) is 8.20. The lowest BCUT2D eigenvalue weighted by molar-refractivity contribution is -0.132. The van der Waals surface area contributed by atoms with Crippen LogP contribution in [0, 0.1) is 0 Å². The Bertz CT molecular complexity index is 815. The first-order valence-electron chi connectivity index (χ1n) is 10.9. The van der Waals surface area contributed by atoms with Gasteiger partial charge in [0.05, 0.1) is 6.04 Å². The lowest BCUT2D eigenvalue weighted by atomic mass is 9.83. The van der Waals surface area contributed by atoms with Crippen LogP contribution in [0.5, 0.6) is 0 Å². The number of benzene rings is 2. The van der Waals surface area contributed by atoms with Crippen LogP contribution in [0.25, 0.3) is 5.57 Å². The zero-order chi connectivity index (χ0) is 19.3. The van der Waals surface area contributed by atoms with Crippen molar-refractivity contribution in [1.29, 1.82) is 0 Å². The highest BCUT2D eigenvalue weighted by Gasteiger charge is 2.27.